The predicted molar refractivity (Wildman–Crippen MR) is 73.1 cm³/mol. The van der Waals surface area contributed by atoms with Gasteiger partial charge >= 0.3 is 5.97 Å². The number of ether oxygens (including phenoxy) is 3. The van der Waals surface area contributed by atoms with Crippen LogP contribution in [0.3, 0.4) is 0 Å². The van der Waals surface area contributed by atoms with Gasteiger partial charge in [-0.1, -0.05) is 0 Å². The molecular weight excluding hydrogens is 292 g/mol. The van der Waals surface area contributed by atoms with Crippen molar-refractivity contribution in [3.8, 4) is 17.5 Å². The molecule has 0 unspecified atom stereocenters. The van der Waals surface area contributed by atoms with Gasteiger partial charge in [-0.3, -0.25) is 0 Å². The number of rotatable bonds is 5. The summed E-state index contributed by atoms with van der Waals surface area (Å²) in [5, 5.41) is 0. The van der Waals surface area contributed by atoms with E-state index in [-0.39, 0.29) is 35.8 Å². The van der Waals surface area contributed by atoms with Gasteiger partial charge in [0.2, 0.25) is 11.7 Å². The predicted octanol–water partition coefficient (Wildman–Crippen LogP) is 0.668. The minimum atomic E-state index is -0.639. The fraction of sp³-hybridized carbons (Fsp3) is 0.385. The smallest absolute Gasteiger partial charge is 0.347 e. The molecule has 2 aromatic heterocycles. The van der Waals surface area contributed by atoms with Gasteiger partial charge in [-0.05, 0) is 6.92 Å². The van der Waals surface area contributed by atoms with Crippen LogP contribution >= 0.6 is 0 Å². The molecule has 0 amide bonds. The van der Waals surface area contributed by atoms with Crippen LogP contribution in [0.5, 0.6) is 5.88 Å². The van der Waals surface area contributed by atoms with E-state index < -0.39 is 5.97 Å². The van der Waals surface area contributed by atoms with Gasteiger partial charge in [0, 0.05) is 0 Å². The summed E-state index contributed by atoms with van der Waals surface area (Å²) in [6.45, 7) is 2.74. The molecule has 1 fully saturated rings. The molecule has 3 rings (SSSR count). The maximum atomic E-state index is 12.0. The molecule has 0 saturated carbocycles. The number of esters is 1. The fourth-order valence-electron chi connectivity index (χ4n) is 1.81. The van der Waals surface area contributed by atoms with Gasteiger partial charge in [-0.15, -0.1) is 0 Å². The van der Waals surface area contributed by atoms with Crippen molar-refractivity contribution in [3.63, 3.8) is 0 Å². The fourth-order valence-corrected chi connectivity index (χ4v) is 1.81. The Morgan fingerprint density at radius 2 is 2.27 bits per heavy atom. The van der Waals surface area contributed by atoms with Crippen LogP contribution in [0.1, 0.15) is 17.3 Å². The highest BCUT2D eigenvalue weighted by Gasteiger charge is 2.28. The number of nitrogen functional groups attached to an aromatic ring is 1. The SMILES string of the molecule is CCOC(=O)c1c(N)nc(-c2cnco2)nc1OC1COC1. The first-order valence-corrected chi connectivity index (χ1v) is 6.67. The Bertz CT molecular complexity index is 669. The molecule has 9 nitrogen and oxygen atoms in total. The van der Waals surface area contributed by atoms with E-state index in [1.807, 2.05) is 0 Å². The summed E-state index contributed by atoms with van der Waals surface area (Å²) < 4.78 is 20.8. The minimum Gasteiger partial charge on any atom is -0.469 e. The van der Waals surface area contributed by atoms with Crippen LogP contribution in [-0.4, -0.2) is 46.8 Å². The zero-order chi connectivity index (χ0) is 15.5. The average molecular weight is 306 g/mol. The Morgan fingerprint density at radius 3 is 2.86 bits per heavy atom. The molecule has 2 aromatic rings. The number of hydrogen-bond acceptors (Lipinski definition) is 9. The highest BCUT2D eigenvalue weighted by atomic mass is 16.6. The molecule has 0 bridgehead atoms. The molecule has 9 heteroatoms. The Labute approximate surface area is 125 Å². The molecule has 3 heterocycles. The summed E-state index contributed by atoms with van der Waals surface area (Å²) in [5.74, 6) is -0.143. The molecule has 0 radical (unpaired) electrons. The monoisotopic (exact) mass is 306 g/mol. The van der Waals surface area contributed by atoms with E-state index in [4.69, 9.17) is 24.4 Å². The number of nitrogens with zero attached hydrogens (tertiary/aromatic N) is 3. The van der Waals surface area contributed by atoms with Gasteiger partial charge < -0.3 is 24.4 Å². The second kappa shape index (κ2) is 5.98. The van der Waals surface area contributed by atoms with E-state index in [9.17, 15) is 4.79 Å². The van der Waals surface area contributed by atoms with Crippen molar-refractivity contribution in [2.24, 2.45) is 0 Å². The van der Waals surface area contributed by atoms with Crippen LogP contribution in [0.2, 0.25) is 0 Å². The number of carbonyl (C=O) groups excluding carboxylic acids is 1. The molecular formula is C13H14N4O5. The third-order valence-corrected chi connectivity index (χ3v) is 2.92. The molecule has 0 atom stereocenters. The second-order valence-electron chi connectivity index (χ2n) is 4.48. The molecule has 0 aromatic carbocycles. The van der Waals surface area contributed by atoms with Crippen LogP contribution in [-0.2, 0) is 9.47 Å². The van der Waals surface area contributed by atoms with Gasteiger partial charge in [0.05, 0.1) is 26.0 Å². The zero-order valence-corrected chi connectivity index (χ0v) is 11.8. The number of carbonyl (C=O) groups is 1. The van der Waals surface area contributed by atoms with E-state index in [2.05, 4.69) is 15.0 Å². The summed E-state index contributed by atoms with van der Waals surface area (Å²) in [4.78, 5) is 24.1. The van der Waals surface area contributed by atoms with Crippen LogP contribution in [0.15, 0.2) is 17.0 Å². The van der Waals surface area contributed by atoms with Crippen molar-refractivity contribution < 1.29 is 23.4 Å². The molecule has 1 aliphatic heterocycles. The number of aromatic nitrogens is 3. The van der Waals surface area contributed by atoms with Gasteiger partial charge in [-0.2, -0.15) is 4.98 Å². The molecule has 0 aliphatic carbocycles. The van der Waals surface area contributed by atoms with Crippen LogP contribution in [0.25, 0.3) is 11.6 Å². The Balaban J connectivity index is 2.01. The van der Waals surface area contributed by atoms with Crippen LogP contribution < -0.4 is 10.5 Å². The van der Waals surface area contributed by atoms with Gasteiger partial charge in [0.25, 0.3) is 0 Å². The van der Waals surface area contributed by atoms with Crippen molar-refractivity contribution in [1.82, 2.24) is 15.0 Å². The molecule has 2 N–H and O–H groups in total. The van der Waals surface area contributed by atoms with Gasteiger partial charge in [0.1, 0.15) is 11.9 Å². The highest BCUT2D eigenvalue weighted by Crippen LogP contribution is 2.28. The first kappa shape index (κ1) is 14.3. The molecule has 0 spiro atoms. The summed E-state index contributed by atoms with van der Waals surface area (Å²) >= 11 is 0. The first-order chi connectivity index (χ1) is 10.7. The molecule has 1 aliphatic rings. The third kappa shape index (κ3) is 2.70. The van der Waals surface area contributed by atoms with E-state index in [0.29, 0.717) is 19.0 Å². The Kier molecular flexibility index (Phi) is 3.88. The lowest BCUT2D eigenvalue weighted by Crippen LogP contribution is -2.39. The topological polar surface area (TPSA) is 123 Å². The van der Waals surface area contributed by atoms with Crippen molar-refractivity contribution in [2.45, 2.75) is 13.0 Å². The minimum absolute atomic E-state index is 0.00276. The van der Waals surface area contributed by atoms with E-state index in [0.717, 1.165) is 0 Å². The summed E-state index contributed by atoms with van der Waals surface area (Å²) in [6.07, 6.45) is 2.49. The maximum Gasteiger partial charge on any atom is 0.347 e. The molecule has 1 saturated heterocycles. The summed E-state index contributed by atoms with van der Waals surface area (Å²) in [7, 11) is 0. The quantitative estimate of drug-likeness (QED) is 0.793. The summed E-state index contributed by atoms with van der Waals surface area (Å²) in [5.41, 5.74) is 5.87. The van der Waals surface area contributed by atoms with Gasteiger partial charge in [-0.25, -0.2) is 14.8 Å². The lowest BCUT2D eigenvalue weighted by Gasteiger charge is -2.27. The third-order valence-electron chi connectivity index (χ3n) is 2.92. The van der Waals surface area contributed by atoms with Crippen molar-refractivity contribution in [2.75, 3.05) is 25.6 Å². The number of anilines is 1. The molecule has 116 valence electrons. The average Bonchev–Trinajstić information content (AvgIpc) is 2.96. The lowest BCUT2D eigenvalue weighted by molar-refractivity contribution is -0.0816. The summed E-state index contributed by atoms with van der Waals surface area (Å²) in [6, 6.07) is 0. The van der Waals surface area contributed by atoms with Crippen molar-refractivity contribution in [3.05, 3.63) is 18.2 Å². The normalized spacial score (nSPS) is 14.4. The second-order valence-corrected chi connectivity index (χ2v) is 4.48. The highest BCUT2D eigenvalue weighted by molar-refractivity contribution is 5.96. The first-order valence-electron chi connectivity index (χ1n) is 6.67. The van der Waals surface area contributed by atoms with Gasteiger partial charge in [0.15, 0.2) is 17.7 Å². The Morgan fingerprint density at radius 1 is 1.45 bits per heavy atom. The number of nitrogens with two attached hydrogens (primary N) is 1. The zero-order valence-electron chi connectivity index (χ0n) is 11.8. The van der Waals surface area contributed by atoms with Crippen molar-refractivity contribution in [1.29, 1.82) is 0 Å². The van der Waals surface area contributed by atoms with Crippen LogP contribution in [0.4, 0.5) is 5.82 Å². The molecule has 22 heavy (non-hydrogen) atoms. The van der Waals surface area contributed by atoms with E-state index in [1.54, 1.807) is 6.92 Å². The maximum absolute atomic E-state index is 12.0. The largest absolute Gasteiger partial charge is 0.469 e. The van der Waals surface area contributed by atoms with E-state index >= 15 is 0 Å². The van der Waals surface area contributed by atoms with Crippen LogP contribution in [0, 0.1) is 0 Å². The Hall–Kier alpha value is -2.68. The van der Waals surface area contributed by atoms with Crippen molar-refractivity contribution >= 4 is 11.8 Å². The number of oxazole rings is 1. The van der Waals surface area contributed by atoms with E-state index in [1.165, 1.54) is 12.6 Å². The standard InChI is InChI=1S/C13H14N4O5/c1-2-20-13(18)9-10(14)16-11(8-3-15-6-21-8)17-12(9)22-7-4-19-5-7/h3,6-7H,2,4-5H2,1H3,(H2,14,16,17). The lowest BCUT2D eigenvalue weighted by atomic mass is 10.2. The number of hydrogen-bond donors (Lipinski definition) is 1.